The highest BCUT2D eigenvalue weighted by molar-refractivity contribution is 5.96. The third-order valence-electron chi connectivity index (χ3n) is 6.47. The van der Waals surface area contributed by atoms with Crippen LogP contribution in [0.1, 0.15) is 46.1 Å². The van der Waals surface area contributed by atoms with E-state index in [1.165, 1.54) is 39.8 Å². The lowest BCUT2D eigenvalue weighted by atomic mass is 10.1. The second-order valence-electron chi connectivity index (χ2n) is 10.4. The molecule has 1 aromatic carbocycles. The average molecular weight is 639 g/mol. The molecular weight excluding hydrogens is 596 g/mol. The number of phenols is 1. The van der Waals surface area contributed by atoms with Crippen molar-refractivity contribution in [1.82, 2.24) is 32.0 Å². The van der Waals surface area contributed by atoms with Crippen LogP contribution in [-0.2, 0) is 40.0 Å². The van der Waals surface area contributed by atoms with Crippen LogP contribution in [0.5, 0.6) is 5.75 Å². The van der Waals surface area contributed by atoms with Gasteiger partial charge in [0.05, 0.1) is 12.1 Å². The number of hydrogen-bond donors (Lipinski definition) is 11. The number of rotatable bonds is 17. The average Bonchev–Trinajstić information content (AvgIpc) is 2.97. The summed E-state index contributed by atoms with van der Waals surface area (Å²) < 4.78 is 0. The Labute approximate surface area is 259 Å². The molecule has 250 valence electrons. The number of carbonyl (C=O) groups excluding carboxylic acids is 6. The molecule has 0 bridgehead atoms. The molecule has 18 nitrogen and oxygen atoms in total. The van der Waals surface area contributed by atoms with E-state index >= 15 is 0 Å². The zero-order valence-electron chi connectivity index (χ0n) is 25.3. The second-order valence-corrected chi connectivity index (χ2v) is 10.4. The Morgan fingerprint density at radius 3 is 1.62 bits per heavy atom. The number of aromatic hydroxyl groups is 1. The number of aliphatic hydroxyl groups is 1. The zero-order valence-corrected chi connectivity index (χ0v) is 25.3. The van der Waals surface area contributed by atoms with E-state index in [1.54, 1.807) is 17.6 Å². The number of amides is 6. The highest BCUT2D eigenvalue weighted by Crippen LogP contribution is 2.11. The fraction of sp³-hybridized carbons (Fsp3) is 0.519. The fourth-order valence-electron chi connectivity index (χ4n) is 3.75. The molecule has 0 fully saturated rings. The number of hydrazine groups is 1. The lowest BCUT2D eigenvalue weighted by molar-refractivity contribution is -0.139. The van der Waals surface area contributed by atoms with E-state index in [0.29, 0.717) is 5.56 Å². The maximum atomic E-state index is 12.8. The van der Waals surface area contributed by atoms with Crippen molar-refractivity contribution in [3.05, 3.63) is 29.8 Å². The first kappa shape index (κ1) is 38.2. The summed E-state index contributed by atoms with van der Waals surface area (Å²) in [6.07, 6.45) is -2.18. The third-order valence-corrected chi connectivity index (χ3v) is 6.47. The smallest absolute Gasteiger partial charge is 0.303 e. The van der Waals surface area contributed by atoms with Gasteiger partial charge in [0.2, 0.25) is 29.5 Å². The van der Waals surface area contributed by atoms with E-state index in [-0.39, 0.29) is 18.6 Å². The van der Waals surface area contributed by atoms with Gasteiger partial charge in [0.15, 0.2) is 0 Å². The van der Waals surface area contributed by atoms with E-state index in [0.717, 1.165) is 0 Å². The molecule has 0 saturated carbocycles. The second kappa shape index (κ2) is 18.1. The van der Waals surface area contributed by atoms with Gasteiger partial charge in [0.25, 0.3) is 5.91 Å². The quantitative estimate of drug-likeness (QED) is 0.0442. The highest BCUT2D eigenvalue weighted by Gasteiger charge is 2.31. The molecule has 0 unspecified atom stereocenters. The fourth-order valence-corrected chi connectivity index (χ4v) is 3.75. The molecule has 13 N–H and O–H groups in total. The van der Waals surface area contributed by atoms with E-state index in [2.05, 4.69) is 26.6 Å². The van der Waals surface area contributed by atoms with Crippen LogP contribution in [-0.4, -0.2) is 99.1 Å². The molecule has 0 spiro atoms. The first-order valence-electron chi connectivity index (χ1n) is 13.9. The first-order chi connectivity index (χ1) is 21.0. The lowest BCUT2D eigenvalue weighted by Crippen LogP contribution is -2.60. The molecule has 0 aliphatic heterocycles. The number of benzene rings is 1. The number of carbonyl (C=O) groups is 7. The van der Waals surface area contributed by atoms with Crippen LogP contribution < -0.4 is 43.6 Å². The number of carboxylic acids is 1. The zero-order chi connectivity index (χ0) is 34.4. The molecule has 0 aliphatic carbocycles. The van der Waals surface area contributed by atoms with Crippen LogP contribution in [0, 0.1) is 0 Å². The highest BCUT2D eigenvalue weighted by atomic mass is 16.4. The van der Waals surface area contributed by atoms with Gasteiger partial charge in [-0.1, -0.05) is 12.1 Å². The molecule has 1 aromatic rings. The van der Waals surface area contributed by atoms with Crippen LogP contribution in [0.2, 0.25) is 0 Å². The monoisotopic (exact) mass is 638 g/mol. The van der Waals surface area contributed by atoms with E-state index in [1.807, 2.05) is 0 Å². The molecule has 18 heteroatoms. The van der Waals surface area contributed by atoms with Crippen LogP contribution in [0.25, 0.3) is 0 Å². The summed E-state index contributed by atoms with van der Waals surface area (Å²) >= 11 is 0. The van der Waals surface area contributed by atoms with E-state index < -0.39 is 90.2 Å². The molecule has 1 rings (SSSR count). The van der Waals surface area contributed by atoms with Gasteiger partial charge in [-0.25, -0.2) is 5.84 Å². The van der Waals surface area contributed by atoms with Crippen molar-refractivity contribution >= 4 is 41.4 Å². The first-order valence-corrected chi connectivity index (χ1v) is 13.9. The minimum Gasteiger partial charge on any atom is -0.508 e. The largest absolute Gasteiger partial charge is 0.508 e. The standard InChI is InChI=1S/C27H42N8O10/c1-12(30-23(41)13(2)32-25(43)18(28)11-16-5-7-17(37)8-6-16)22(40)31-14(3)24(42)33-19(9-10-20(38)39)26(44)34-21(15(4)36)27(45)35-29/h5-8,12-15,18-19,21,36-37H,9-11,28-29H2,1-4H3,(H,30,41)(H,31,40)(H,32,43)(H,33,42)(H,34,44)(H,35,45)(H,38,39)/t12-,13-,14-,15+,18-,19-,21-/m0/s1. The van der Waals surface area contributed by atoms with Crippen molar-refractivity contribution in [3.8, 4) is 5.75 Å². The summed E-state index contributed by atoms with van der Waals surface area (Å²) in [5.74, 6) is -1.13. The molecule has 0 radical (unpaired) electrons. The molecule has 0 heterocycles. The molecule has 0 aromatic heterocycles. The van der Waals surface area contributed by atoms with Gasteiger partial charge in [-0.05, 0) is 58.2 Å². The van der Waals surface area contributed by atoms with Gasteiger partial charge in [-0.2, -0.15) is 0 Å². The minimum absolute atomic E-state index is 0.0555. The number of hydrogen-bond acceptors (Lipinski definition) is 11. The van der Waals surface area contributed by atoms with Crippen molar-refractivity contribution < 1.29 is 48.9 Å². The summed E-state index contributed by atoms with van der Waals surface area (Å²) in [6.45, 7) is 5.17. The third kappa shape index (κ3) is 13.2. The van der Waals surface area contributed by atoms with Gasteiger partial charge in [0.1, 0.15) is 36.0 Å². The SMILES string of the molecule is C[C@H](NC(=O)[C@H](C)NC(=O)[C@@H](N)Cc1ccc(O)cc1)C(=O)N[C@@H](C)C(=O)N[C@@H](CCC(=O)O)C(=O)N[C@H](C(=O)NN)[C@@H](C)O. The van der Waals surface area contributed by atoms with Crippen LogP contribution in [0.3, 0.4) is 0 Å². The molecule has 45 heavy (non-hydrogen) atoms. The topological polar surface area (TPSA) is 304 Å². The Bertz CT molecular complexity index is 1230. The normalized spacial score (nSPS) is 15.4. The molecular formula is C27H42N8O10. The number of carboxylic acid groups (broad SMARTS) is 1. The van der Waals surface area contributed by atoms with Crippen LogP contribution in [0.4, 0.5) is 0 Å². The van der Waals surface area contributed by atoms with Gasteiger partial charge in [-0.15, -0.1) is 0 Å². The predicted octanol–water partition coefficient (Wildman–Crippen LogP) is -4.02. The maximum absolute atomic E-state index is 12.8. The maximum Gasteiger partial charge on any atom is 0.303 e. The summed E-state index contributed by atoms with van der Waals surface area (Å²) in [6, 6.07) is -1.42. The van der Waals surface area contributed by atoms with Gasteiger partial charge in [-0.3, -0.25) is 39.0 Å². The number of nitrogens with one attached hydrogen (secondary N) is 6. The van der Waals surface area contributed by atoms with Crippen LogP contribution in [0.15, 0.2) is 24.3 Å². The summed E-state index contributed by atoms with van der Waals surface area (Å²) in [5.41, 5.74) is 8.37. The predicted molar refractivity (Wildman–Crippen MR) is 157 cm³/mol. The Balaban J connectivity index is 2.72. The van der Waals surface area contributed by atoms with Crippen LogP contribution >= 0.6 is 0 Å². The van der Waals surface area contributed by atoms with Gasteiger partial charge in [0, 0.05) is 6.42 Å². The van der Waals surface area contributed by atoms with Gasteiger partial charge >= 0.3 is 5.97 Å². The summed E-state index contributed by atoms with van der Waals surface area (Å²) in [7, 11) is 0. The van der Waals surface area contributed by atoms with E-state index in [4.69, 9.17) is 16.7 Å². The Morgan fingerprint density at radius 1 is 0.711 bits per heavy atom. The number of nitrogens with two attached hydrogens (primary N) is 2. The van der Waals surface area contributed by atoms with Crippen molar-refractivity contribution in [3.63, 3.8) is 0 Å². The molecule has 0 aliphatic rings. The van der Waals surface area contributed by atoms with Crippen molar-refractivity contribution in [1.29, 1.82) is 0 Å². The molecule has 6 amide bonds. The molecule has 0 saturated heterocycles. The summed E-state index contributed by atoms with van der Waals surface area (Å²) in [5, 5.41) is 39.9. The Hall–Kier alpha value is -4.81. The minimum atomic E-state index is -1.50. The number of aliphatic carboxylic acids is 1. The lowest BCUT2D eigenvalue weighted by Gasteiger charge is -2.25. The Kier molecular flexibility index (Phi) is 15.4. The molecule has 7 atom stereocenters. The summed E-state index contributed by atoms with van der Waals surface area (Å²) in [4.78, 5) is 86.2. The van der Waals surface area contributed by atoms with Gasteiger partial charge < -0.3 is 47.6 Å². The number of phenolic OH excluding ortho intramolecular Hbond substituents is 1. The van der Waals surface area contributed by atoms with Crippen molar-refractivity contribution in [2.45, 2.75) is 89.3 Å². The van der Waals surface area contributed by atoms with Crippen molar-refractivity contribution in [2.75, 3.05) is 0 Å². The Morgan fingerprint density at radius 2 is 1.18 bits per heavy atom. The number of aliphatic hydroxyl groups excluding tert-OH is 1. The van der Waals surface area contributed by atoms with Crippen molar-refractivity contribution in [2.24, 2.45) is 11.6 Å². The van der Waals surface area contributed by atoms with E-state index in [9.17, 15) is 43.8 Å².